The van der Waals surface area contributed by atoms with Crippen LogP contribution in [0.4, 0.5) is 14.5 Å². The van der Waals surface area contributed by atoms with Crippen molar-refractivity contribution in [2.75, 3.05) is 5.73 Å². The van der Waals surface area contributed by atoms with Crippen LogP contribution in [0, 0.1) is 11.6 Å². The maximum absolute atomic E-state index is 13.6. The van der Waals surface area contributed by atoms with Crippen LogP contribution >= 0.6 is 0 Å². The topological polar surface area (TPSA) is 43.8 Å². The molecule has 0 radical (unpaired) electrons. The van der Waals surface area contributed by atoms with E-state index in [1.54, 1.807) is 29.1 Å². The molecule has 96 valence electrons. The van der Waals surface area contributed by atoms with Crippen molar-refractivity contribution in [3.8, 4) is 0 Å². The van der Waals surface area contributed by atoms with E-state index in [-0.39, 0.29) is 12.1 Å². The third-order valence-electron chi connectivity index (χ3n) is 3.02. The first-order chi connectivity index (χ1) is 9.15. The predicted molar refractivity (Wildman–Crippen MR) is 69.6 cm³/mol. The lowest BCUT2D eigenvalue weighted by atomic mass is 10.2. The number of anilines is 1. The highest BCUT2D eigenvalue weighted by Crippen LogP contribution is 2.19. The van der Waals surface area contributed by atoms with E-state index in [0.29, 0.717) is 5.69 Å². The Kier molecular flexibility index (Phi) is 2.67. The zero-order valence-electron chi connectivity index (χ0n) is 9.98. The number of hydrogen-bond donors (Lipinski definition) is 1. The average Bonchev–Trinajstić information content (AvgIpc) is 2.77. The molecule has 0 fully saturated rings. The van der Waals surface area contributed by atoms with Gasteiger partial charge in [0.1, 0.15) is 0 Å². The van der Waals surface area contributed by atoms with Gasteiger partial charge in [-0.15, -0.1) is 0 Å². The van der Waals surface area contributed by atoms with Gasteiger partial charge in [-0.3, -0.25) is 4.68 Å². The van der Waals surface area contributed by atoms with Crippen LogP contribution in [0.2, 0.25) is 0 Å². The average molecular weight is 259 g/mol. The van der Waals surface area contributed by atoms with E-state index >= 15 is 0 Å². The van der Waals surface area contributed by atoms with Gasteiger partial charge in [-0.05, 0) is 24.3 Å². The van der Waals surface area contributed by atoms with Crippen molar-refractivity contribution in [3.05, 3.63) is 59.8 Å². The minimum atomic E-state index is -0.849. The van der Waals surface area contributed by atoms with Gasteiger partial charge in [0.05, 0.1) is 18.3 Å². The van der Waals surface area contributed by atoms with Crippen molar-refractivity contribution in [2.24, 2.45) is 0 Å². The van der Waals surface area contributed by atoms with Crippen molar-refractivity contribution in [2.45, 2.75) is 6.54 Å². The van der Waals surface area contributed by atoms with Crippen LogP contribution in [0.3, 0.4) is 0 Å². The molecule has 0 aliphatic carbocycles. The van der Waals surface area contributed by atoms with Crippen LogP contribution in [0.1, 0.15) is 5.56 Å². The molecular formula is C14H11F2N3. The molecule has 0 aliphatic heterocycles. The number of fused-ring (bicyclic) bond motifs is 1. The molecule has 0 unspecified atom stereocenters. The third-order valence-corrected chi connectivity index (χ3v) is 3.02. The Balaban J connectivity index is 2.04. The summed E-state index contributed by atoms with van der Waals surface area (Å²) in [4.78, 5) is 0. The predicted octanol–water partition coefficient (Wildman–Crippen LogP) is 2.95. The van der Waals surface area contributed by atoms with Crippen LogP contribution in [-0.2, 0) is 6.54 Å². The molecule has 0 atom stereocenters. The van der Waals surface area contributed by atoms with E-state index in [4.69, 9.17) is 5.73 Å². The van der Waals surface area contributed by atoms with Gasteiger partial charge in [-0.25, -0.2) is 8.78 Å². The molecule has 0 spiro atoms. The molecule has 3 aromatic rings. The Bertz CT molecular complexity index is 750. The maximum atomic E-state index is 13.6. The Morgan fingerprint density at radius 2 is 2.00 bits per heavy atom. The molecule has 5 heteroatoms. The van der Waals surface area contributed by atoms with E-state index in [2.05, 4.69) is 5.10 Å². The minimum Gasteiger partial charge on any atom is -0.399 e. The number of benzene rings is 2. The van der Waals surface area contributed by atoms with Crippen molar-refractivity contribution in [3.63, 3.8) is 0 Å². The van der Waals surface area contributed by atoms with Gasteiger partial charge in [0.25, 0.3) is 0 Å². The van der Waals surface area contributed by atoms with Gasteiger partial charge in [-0.1, -0.05) is 12.1 Å². The second-order valence-corrected chi connectivity index (χ2v) is 4.33. The fourth-order valence-corrected chi connectivity index (χ4v) is 2.06. The van der Waals surface area contributed by atoms with Gasteiger partial charge in [-0.2, -0.15) is 5.10 Å². The molecule has 1 heterocycles. The highest BCUT2D eigenvalue weighted by molar-refractivity contribution is 5.81. The smallest absolute Gasteiger partial charge is 0.163 e. The second kappa shape index (κ2) is 4.35. The summed E-state index contributed by atoms with van der Waals surface area (Å²) < 4.78 is 28.4. The van der Waals surface area contributed by atoms with Gasteiger partial charge in [0, 0.05) is 16.6 Å². The number of hydrogen-bond acceptors (Lipinski definition) is 2. The minimum absolute atomic E-state index is 0.178. The zero-order valence-corrected chi connectivity index (χ0v) is 9.98. The van der Waals surface area contributed by atoms with Crippen molar-refractivity contribution in [1.82, 2.24) is 9.78 Å². The molecule has 2 N–H and O–H groups in total. The molecular weight excluding hydrogens is 248 g/mol. The largest absolute Gasteiger partial charge is 0.399 e. The normalized spacial score (nSPS) is 11.1. The summed E-state index contributed by atoms with van der Waals surface area (Å²) in [7, 11) is 0. The quantitative estimate of drug-likeness (QED) is 0.719. The summed E-state index contributed by atoms with van der Waals surface area (Å²) in [6.45, 7) is 0.178. The molecule has 0 aliphatic rings. The first kappa shape index (κ1) is 11.6. The number of halogens is 2. The number of rotatable bonds is 2. The molecule has 2 aromatic carbocycles. The first-order valence-corrected chi connectivity index (χ1v) is 5.79. The van der Waals surface area contributed by atoms with Crippen LogP contribution in [0.15, 0.2) is 42.6 Å². The van der Waals surface area contributed by atoms with E-state index in [0.717, 1.165) is 17.0 Å². The molecule has 3 rings (SSSR count). The SMILES string of the molecule is Nc1ccc2c(cnn2Cc2cccc(F)c2F)c1. The molecule has 3 nitrogen and oxygen atoms in total. The summed E-state index contributed by atoms with van der Waals surface area (Å²) in [6, 6.07) is 9.49. The summed E-state index contributed by atoms with van der Waals surface area (Å²) in [6.07, 6.45) is 1.66. The Morgan fingerprint density at radius 3 is 2.84 bits per heavy atom. The van der Waals surface area contributed by atoms with Crippen LogP contribution in [0.5, 0.6) is 0 Å². The van der Waals surface area contributed by atoms with Crippen molar-refractivity contribution < 1.29 is 8.78 Å². The summed E-state index contributed by atoms with van der Waals surface area (Å²) in [5.74, 6) is -1.68. The maximum Gasteiger partial charge on any atom is 0.163 e. The molecule has 19 heavy (non-hydrogen) atoms. The third kappa shape index (κ3) is 2.03. The summed E-state index contributed by atoms with van der Waals surface area (Å²) in [5.41, 5.74) is 7.42. The Labute approximate surface area is 108 Å². The fourth-order valence-electron chi connectivity index (χ4n) is 2.06. The van der Waals surface area contributed by atoms with Gasteiger partial charge >= 0.3 is 0 Å². The number of nitrogens with zero attached hydrogens (tertiary/aromatic N) is 2. The fraction of sp³-hybridized carbons (Fsp3) is 0.0714. The first-order valence-electron chi connectivity index (χ1n) is 5.79. The lowest BCUT2D eigenvalue weighted by molar-refractivity contribution is 0.493. The molecule has 0 saturated heterocycles. The van der Waals surface area contributed by atoms with Crippen molar-refractivity contribution in [1.29, 1.82) is 0 Å². The zero-order chi connectivity index (χ0) is 13.4. The summed E-state index contributed by atoms with van der Waals surface area (Å²) >= 11 is 0. The molecule has 0 amide bonds. The second-order valence-electron chi connectivity index (χ2n) is 4.33. The van der Waals surface area contributed by atoms with Crippen LogP contribution in [-0.4, -0.2) is 9.78 Å². The standard InChI is InChI=1S/C14H11F2N3/c15-12-3-1-2-9(14(12)16)8-19-13-5-4-11(17)6-10(13)7-18-19/h1-7H,8,17H2. The highest BCUT2D eigenvalue weighted by Gasteiger charge is 2.10. The van der Waals surface area contributed by atoms with Gasteiger partial charge in [0.15, 0.2) is 11.6 Å². The number of nitrogen functional groups attached to an aromatic ring is 1. The van der Waals surface area contributed by atoms with E-state index < -0.39 is 11.6 Å². The monoisotopic (exact) mass is 259 g/mol. The van der Waals surface area contributed by atoms with E-state index in [1.165, 1.54) is 6.07 Å². The Morgan fingerprint density at radius 1 is 1.16 bits per heavy atom. The van der Waals surface area contributed by atoms with E-state index in [1.807, 2.05) is 6.07 Å². The molecule has 1 aromatic heterocycles. The lowest BCUT2D eigenvalue weighted by Gasteiger charge is -2.06. The van der Waals surface area contributed by atoms with E-state index in [9.17, 15) is 8.78 Å². The molecule has 0 bridgehead atoms. The van der Waals surface area contributed by atoms with Crippen molar-refractivity contribution >= 4 is 16.6 Å². The van der Waals surface area contributed by atoms with Gasteiger partial charge < -0.3 is 5.73 Å². The number of aromatic nitrogens is 2. The van der Waals surface area contributed by atoms with Crippen LogP contribution in [0.25, 0.3) is 10.9 Å². The van der Waals surface area contributed by atoms with Crippen LogP contribution < -0.4 is 5.73 Å². The lowest BCUT2D eigenvalue weighted by Crippen LogP contribution is -2.04. The highest BCUT2D eigenvalue weighted by atomic mass is 19.2. The van der Waals surface area contributed by atoms with Gasteiger partial charge in [0.2, 0.25) is 0 Å². The summed E-state index contributed by atoms with van der Waals surface area (Å²) in [5, 5.41) is 5.05. The number of nitrogens with two attached hydrogens (primary N) is 1. The Hall–Kier alpha value is -2.43. The molecule has 0 saturated carbocycles.